The molecule has 0 radical (unpaired) electrons. The van der Waals surface area contributed by atoms with E-state index < -0.39 is 57.5 Å². The van der Waals surface area contributed by atoms with Crippen LogP contribution in [-0.4, -0.2) is 77.7 Å². The second-order valence-electron chi connectivity index (χ2n) is 16.4. The first-order valence-electron chi connectivity index (χ1n) is 22.5. The molecule has 0 bridgehead atoms. The van der Waals surface area contributed by atoms with Gasteiger partial charge in [0.2, 0.25) is 0 Å². The van der Waals surface area contributed by atoms with Gasteiger partial charge < -0.3 is 20.2 Å². The third-order valence-electron chi connectivity index (χ3n) is 12.0. The SMILES string of the molecule is CO/N=C(/C(=O)NC1C(=O)N2C(C(=O)OC(c3ccccc3)c3ccccc3)=C(c3cnc(NC(=O)c4cccnc4)s3)CS(=O)C12)c1csc(NC(c2ccccc2)(c2ccccc2)c2ccccc2)n1. The Kier molecular flexibility index (Phi) is 13.7. The number of carbonyl (C=O) groups is 4. The van der Waals surface area contributed by atoms with E-state index in [1.807, 2.05) is 152 Å². The van der Waals surface area contributed by atoms with E-state index in [9.17, 15) is 23.4 Å². The number of nitrogens with one attached hydrogen (secondary N) is 3. The molecule has 0 spiro atoms. The summed E-state index contributed by atoms with van der Waals surface area (Å²) in [6, 6.07) is 50.1. The summed E-state index contributed by atoms with van der Waals surface area (Å²) in [6.07, 6.45) is 3.50. The van der Waals surface area contributed by atoms with Crippen molar-refractivity contribution in [2.24, 2.45) is 5.16 Å². The van der Waals surface area contributed by atoms with Gasteiger partial charge in [0.25, 0.3) is 17.7 Å². The lowest BCUT2D eigenvalue weighted by molar-refractivity contribution is -0.154. The molecule has 1 saturated heterocycles. The van der Waals surface area contributed by atoms with Gasteiger partial charge in [-0.1, -0.05) is 168 Å². The standard InChI is InChI=1S/C54H42N8O7S3/c1-68-61-43(41-32-70-53(57-41)60-54(37-23-11-4-12-24-37,38-25-13-5-14-26-38)39-27-15-6-16-28-39)48(64)58-44-49(65)62-45(51(66)69-46(34-18-7-2-8-19-34)35-20-9-3-10-21-35)40(33-72(67)50(44)62)42-31-56-52(71-42)59-47(63)36-22-17-29-55-30-36/h2-32,44,46,50H,33H2,1H3,(H,57,60)(H,58,64)(H,56,59,63)/b61-43+. The number of oxime groups is 1. The van der Waals surface area contributed by atoms with Crippen molar-refractivity contribution < 1.29 is 33.0 Å². The molecule has 3 unspecified atom stereocenters. The Labute approximate surface area is 423 Å². The summed E-state index contributed by atoms with van der Waals surface area (Å²) in [5.74, 6) is -3.11. The van der Waals surface area contributed by atoms with Crippen molar-refractivity contribution >= 4 is 78.7 Å². The molecule has 10 rings (SSSR count). The molecule has 3 atom stereocenters. The molecule has 5 heterocycles. The van der Waals surface area contributed by atoms with E-state index in [0.29, 0.717) is 26.7 Å². The molecule has 0 aliphatic carbocycles. The number of β-lactam (4-membered cyclic amide) rings is 1. The lowest BCUT2D eigenvalue weighted by atomic mass is 9.77. The molecule has 18 heteroatoms. The zero-order chi connectivity index (χ0) is 49.6. The number of esters is 1. The number of amides is 3. The zero-order valence-electron chi connectivity index (χ0n) is 38.2. The van der Waals surface area contributed by atoms with Gasteiger partial charge in [-0.15, -0.1) is 11.3 Å². The maximum absolute atomic E-state index is 14.8. The average Bonchev–Trinajstić information content (AvgIpc) is 4.11. The fourth-order valence-electron chi connectivity index (χ4n) is 8.73. The molecular formula is C54H42N8O7S3. The molecule has 0 saturated carbocycles. The largest absolute Gasteiger partial charge is 0.448 e. The number of benzene rings is 5. The topological polar surface area (TPSA) is 194 Å². The van der Waals surface area contributed by atoms with E-state index in [4.69, 9.17) is 14.6 Å². The lowest BCUT2D eigenvalue weighted by Crippen LogP contribution is -2.74. The molecule has 2 aliphatic heterocycles. The number of pyridine rings is 1. The van der Waals surface area contributed by atoms with E-state index in [0.717, 1.165) is 32.9 Å². The molecule has 2 aliphatic rings. The minimum Gasteiger partial charge on any atom is -0.448 e. The third kappa shape index (κ3) is 9.33. The van der Waals surface area contributed by atoms with E-state index in [1.54, 1.807) is 23.7 Å². The van der Waals surface area contributed by atoms with Crippen molar-refractivity contribution in [1.29, 1.82) is 0 Å². The molecular weight excluding hydrogens is 969 g/mol. The van der Waals surface area contributed by atoms with Gasteiger partial charge in [0.1, 0.15) is 35.5 Å². The van der Waals surface area contributed by atoms with Crippen LogP contribution in [0.2, 0.25) is 0 Å². The first kappa shape index (κ1) is 47.2. The Balaban J connectivity index is 0.954. The first-order valence-corrected chi connectivity index (χ1v) is 25.6. The first-order chi connectivity index (χ1) is 35.2. The van der Waals surface area contributed by atoms with Crippen LogP contribution < -0.4 is 16.0 Å². The Morgan fingerprint density at radius 1 is 0.778 bits per heavy atom. The number of thiazole rings is 2. The molecule has 15 nitrogen and oxygen atoms in total. The van der Waals surface area contributed by atoms with Gasteiger partial charge in [-0.3, -0.25) is 33.8 Å². The number of carbonyl (C=O) groups excluding carboxylic acids is 4. The number of hydrogen-bond donors (Lipinski definition) is 3. The second-order valence-corrected chi connectivity index (χ2v) is 19.8. The van der Waals surface area contributed by atoms with Crippen molar-refractivity contribution in [2.45, 2.75) is 23.1 Å². The van der Waals surface area contributed by atoms with Crippen LogP contribution >= 0.6 is 22.7 Å². The summed E-state index contributed by atoms with van der Waals surface area (Å²) in [5, 5.41) is 14.4. The molecule has 72 heavy (non-hydrogen) atoms. The maximum Gasteiger partial charge on any atom is 0.356 e. The van der Waals surface area contributed by atoms with Crippen molar-refractivity contribution in [1.82, 2.24) is 25.2 Å². The number of nitrogens with zero attached hydrogens (tertiary/aromatic N) is 5. The summed E-state index contributed by atoms with van der Waals surface area (Å²) < 4.78 is 20.8. The zero-order valence-corrected chi connectivity index (χ0v) is 40.6. The number of rotatable bonds is 16. The summed E-state index contributed by atoms with van der Waals surface area (Å²) >= 11 is 2.28. The van der Waals surface area contributed by atoms with Gasteiger partial charge in [-0.05, 0) is 39.9 Å². The highest BCUT2D eigenvalue weighted by Crippen LogP contribution is 2.43. The lowest BCUT2D eigenvalue weighted by Gasteiger charge is -2.49. The van der Waals surface area contributed by atoms with Gasteiger partial charge in [0.05, 0.1) is 27.0 Å². The highest BCUT2D eigenvalue weighted by molar-refractivity contribution is 7.86. The number of anilines is 2. The number of ether oxygens (including phenoxy) is 1. The van der Waals surface area contributed by atoms with Gasteiger partial charge in [0, 0.05) is 29.5 Å². The van der Waals surface area contributed by atoms with E-state index in [-0.39, 0.29) is 33.6 Å². The van der Waals surface area contributed by atoms with Gasteiger partial charge in [-0.2, -0.15) is 0 Å². The van der Waals surface area contributed by atoms with E-state index >= 15 is 0 Å². The normalized spacial score (nSPS) is 16.6. The quantitative estimate of drug-likeness (QED) is 0.0278. The summed E-state index contributed by atoms with van der Waals surface area (Å²) in [6.45, 7) is 0. The maximum atomic E-state index is 14.8. The van der Waals surface area contributed by atoms with E-state index in [1.165, 1.54) is 30.8 Å². The predicted molar refractivity (Wildman–Crippen MR) is 276 cm³/mol. The van der Waals surface area contributed by atoms with Gasteiger partial charge in [0.15, 0.2) is 22.1 Å². The highest BCUT2D eigenvalue weighted by Gasteiger charge is 2.58. The van der Waals surface area contributed by atoms with Crippen molar-refractivity contribution in [3.8, 4) is 0 Å². The molecule has 1 fully saturated rings. The molecule has 3 amide bonds. The molecule has 3 aromatic heterocycles. The van der Waals surface area contributed by atoms with Crippen LogP contribution in [0.4, 0.5) is 10.3 Å². The minimum absolute atomic E-state index is 0.147. The van der Waals surface area contributed by atoms with Crippen LogP contribution in [0.5, 0.6) is 0 Å². The monoisotopic (exact) mass is 1010 g/mol. The fourth-order valence-corrected chi connectivity index (χ4v) is 12.1. The average molecular weight is 1010 g/mol. The Morgan fingerprint density at radius 3 is 1.92 bits per heavy atom. The Morgan fingerprint density at radius 2 is 1.36 bits per heavy atom. The number of fused-ring (bicyclic) bond motifs is 1. The molecule has 8 aromatic rings. The number of hydrogen-bond acceptors (Lipinski definition) is 14. The van der Waals surface area contributed by atoms with Crippen LogP contribution in [0.25, 0.3) is 5.57 Å². The predicted octanol–water partition coefficient (Wildman–Crippen LogP) is 8.16. The van der Waals surface area contributed by atoms with Crippen molar-refractivity contribution in [3.05, 3.63) is 237 Å². The summed E-state index contributed by atoms with van der Waals surface area (Å²) in [5.41, 5.74) is 3.50. The summed E-state index contributed by atoms with van der Waals surface area (Å²) in [7, 11) is -0.604. The van der Waals surface area contributed by atoms with Gasteiger partial charge in [-0.25, -0.2) is 14.8 Å². The van der Waals surface area contributed by atoms with Crippen LogP contribution in [0.3, 0.4) is 0 Å². The Bertz CT molecular complexity index is 3210. The van der Waals surface area contributed by atoms with Crippen LogP contribution in [0.15, 0.2) is 199 Å². The fraction of sp³-hybridized carbons (Fsp3) is 0.111. The van der Waals surface area contributed by atoms with Crippen LogP contribution in [-0.2, 0) is 40.3 Å². The minimum atomic E-state index is -1.89. The molecule has 358 valence electrons. The van der Waals surface area contributed by atoms with Crippen LogP contribution in [0.1, 0.15) is 54.9 Å². The van der Waals surface area contributed by atoms with E-state index in [2.05, 4.69) is 31.1 Å². The van der Waals surface area contributed by atoms with Gasteiger partial charge >= 0.3 is 5.97 Å². The number of aromatic nitrogens is 3. The van der Waals surface area contributed by atoms with Crippen molar-refractivity contribution in [2.75, 3.05) is 23.5 Å². The van der Waals surface area contributed by atoms with Crippen molar-refractivity contribution in [3.63, 3.8) is 0 Å². The summed E-state index contributed by atoms with van der Waals surface area (Å²) in [4.78, 5) is 76.7. The molecule has 5 aromatic carbocycles. The third-order valence-corrected chi connectivity index (χ3v) is 15.4. The molecule has 3 N–H and O–H groups in total. The highest BCUT2D eigenvalue weighted by atomic mass is 32.2. The Hall–Kier alpha value is -8.45. The van der Waals surface area contributed by atoms with Crippen LogP contribution in [0, 0.1) is 0 Å². The second kappa shape index (κ2) is 20.9. The smallest absolute Gasteiger partial charge is 0.356 e.